The summed E-state index contributed by atoms with van der Waals surface area (Å²) in [7, 11) is 0. The lowest BCUT2D eigenvalue weighted by atomic mass is 9.96. The number of allylic oxidation sites excluding steroid dienone is 1. The fourth-order valence-corrected chi connectivity index (χ4v) is 6.12. The van der Waals surface area contributed by atoms with E-state index < -0.39 is 45.0 Å². The quantitative estimate of drug-likeness (QED) is 0.206. The van der Waals surface area contributed by atoms with Crippen molar-refractivity contribution in [3.63, 3.8) is 0 Å². The summed E-state index contributed by atoms with van der Waals surface area (Å²) >= 11 is 12.2. The van der Waals surface area contributed by atoms with Crippen LogP contribution in [0.3, 0.4) is 0 Å². The number of carbonyl (C=O) groups excluding carboxylic acids is 1. The fourth-order valence-electron chi connectivity index (χ4n) is 5.71. The van der Waals surface area contributed by atoms with Gasteiger partial charge in [0.1, 0.15) is 22.3 Å². The number of aromatic nitrogens is 2. The average molecular weight is 659 g/mol. The van der Waals surface area contributed by atoms with Gasteiger partial charge in [-0.3, -0.25) is 19.1 Å². The molecule has 0 aliphatic carbocycles. The number of fused-ring (bicyclic) bond motifs is 1. The van der Waals surface area contributed by atoms with Crippen molar-refractivity contribution in [1.82, 2.24) is 14.5 Å². The van der Waals surface area contributed by atoms with Crippen molar-refractivity contribution in [1.29, 1.82) is 5.26 Å². The second-order valence-electron chi connectivity index (χ2n) is 11.0. The van der Waals surface area contributed by atoms with Gasteiger partial charge in [-0.25, -0.2) is 18.2 Å². The molecule has 0 unspecified atom stereocenters. The molecular weight excluding hydrogens is 632 g/mol. The Balaban J connectivity index is 1.90. The van der Waals surface area contributed by atoms with Crippen LogP contribution in [-0.2, 0) is 4.79 Å². The Labute approximate surface area is 266 Å². The van der Waals surface area contributed by atoms with Crippen molar-refractivity contribution in [2.75, 3.05) is 37.6 Å². The summed E-state index contributed by atoms with van der Waals surface area (Å²) in [6.07, 6.45) is 1.68. The predicted molar refractivity (Wildman–Crippen MR) is 167 cm³/mol. The molecule has 0 saturated carbocycles. The van der Waals surface area contributed by atoms with Gasteiger partial charge >= 0.3 is 0 Å². The number of rotatable bonds is 5. The molecule has 4 heterocycles. The number of benzene rings is 1. The van der Waals surface area contributed by atoms with E-state index in [1.54, 1.807) is 9.80 Å². The number of carbonyl (C=O) groups is 1. The number of anilines is 1. The van der Waals surface area contributed by atoms with Gasteiger partial charge in [-0.2, -0.15) is 5.26 Å². The topological polar surface area (TPSA) is 115 Å². The number of hydrogen-bond donors (Lipinski definition) is 1. The maximum Gasteiger partial charge on any atom is 0.276 e. The van der Waals surface area contributed by atoms with Crippen molar-refractivity contribution >= 4 is 57.2 Å². The maximum absolute atomic E-state index is 15.3. The van der Waals surface area contributed by atoms with Crippen LogP contribution >= 0.6 is 23.2 Å². The minimum absolute atomic E-state index is 0.128. The predicted octanol–water partition coefficient (Wildman–Crippen LogP) is 5.93. The Hall–Kier alpha value is -4.34. The minimum Gasteiger partial charge on any atom is -0.504 e. The van der Waals surface area contributed by atoms with Crippen molar-refractivity contribution in [2.24, 2.45) is 10.9 Å². The van der Waals surface area contributed by atoms with Gasteiger partial charge in [0.15, 0.2) is 23.2 Å². The molecule has 1 N–H and O–H groups in total. The molecule has 9 nitrogen and oxygen atoms in total. The van der Waals surface area contributed by atoms with E-state index in [2.05, 4.69) is 16.6 Å². The first kappa shape index (κ1) is 32.1. The molecule has 0 atom stereocenters. The van der Waals surface area contributed by atoms with Crippen LogP contribution in [0.4, 0.5) is 18.9 Å². The number of phenols is 1. The molecule has 0 bridgehead atoms. The third kappa shape index (κ3) is 5.23. The molecule has 45 heavy (non-hydrogen) atoms. The smallest absolute Gasteiger partial charge is 0.276 e. The van der Waals surface area contributed by atoms with Crippen LogP contribution in [0.25, 0.3) is 28.0 Å². The van der Waals surface area contributed by atoms with Crippen molar-refractivity contribution < 1.29 is 23.1 Å². The third-order valence-corrected chi connectivity index (χ3v) is 8.57. The molecule has 0 spiro atoms. The number of halogens is 5. The number of dihydropyridines is 1. The molecule has 1 aromatic carbocycles. The number of aliphatic imine (C=N–C) groups is 1. The largest absolute Gasteiger partial charge is 0.504 e. The van der Waals surface area contributed by atoms with Crippen LogP contribution in [-0.4, -0.2) is 63.9 Å². The Morgan fingerprint density at radius 1 is 1.16 bits per heavy atom. The van der Waals surface area contributed by atoms with Crippen LogP contribution in [0, 0.1) is 34.7 Å². The lowest BCUT2D eigenvalue weighted by Gasteiger charge is -2.36. The van der Waals surface area contributed by atoms with Crippen molar-refractivity contribution in [3.8, 4) is 23.1 Å². The molecule has 2 aliphatic rings. The van der Waals surface area contributed by atoms with Gasteiger partial charge < -0.3 is 14.9 Å². The van der Waals surface area contributed by atoms with Crippen LogP contribution in [0.5, 0.6) is 5.75 Å². The molecule has 1 saturated heterocycles. The van der Waals surface area contributed by atoms with Crippen molar-refractivity contribution in [3.05, 3.63) is 67.7 Å². The van der Waals surface area contributed by atoms with E-state index in [0.29, 0.717) is 24.4 Å². The van der Waals surface area contributed by atoms with E-state index in [0.717, 1.165) is 5.57 Å². The fraction of sp³-hybridized carbons (Fsp3) is 0.323. The SMILES string of the molecule is C=CC(=O)N1CCN(c2c(C#N)c(=O)n(C3=C(C)CCN=C3C(C)C)c3nc(-c4c(F)c(O)c(Cl)c(F)c4F)c(Cl)cc23)CC1. The Bertz CT molecular complexity index is 1930. The van der Waals surface area contributed by atoms with Gasteiger partial charge in [-0.05, 0) is 37.0 Å². The maximum atomic E-state index is 15.3. The number of aromatic hydroxyl groups is 1. The number of amides is 1. The van der Waals surface area contributed by atoms with E-state index in [9.17, 15) is 24.3 Å². The first-order valence-electron chi connectivity index (χ1n) is 14.0. The zero-order valence-corrected chi connectivity index (χ0v) is 26.0. The molecule has 1 amide bonds. The second-order valence-corrected chi connectivity index (χ2v) is 11.7. The van der Waals surface area contributed by atoms with Gasteiger partial charge in [0.2, 0.25) is 5.91 Å². The molecule has 1 fully saturated rings. The number of phenolic OH excluding ortho intramolecular Hbond substituents is 1. The summed E-state index contributed by atoms with van der Waals surface area (Å²) in [5.74, 6) is -6.83. The number of nitrogens with zero attached hydrogens (tertiary/aromatic N) is 6. The number of hydrogen-bond acceptors (Lipinski definition) is 7. The first-order chi connectivity index (χ1) is 21.3. The number of piperazine rings is 1. The number of nitriles is 1. The minimum atomic E-state index is -1.74. The molecule has 234 valence electrons. The Morgan fingerprint density at radius 3 is 2.42 bits per heavy atom. The number of pyridine rings is 2. The summed E-state index contributed by atoms with van der Waals surface area (Å²) < 4.78 is 46.4. The zero-order chi connectivity index (χ0) is 32.9. The highest BCUT2D eigenvalue weighted by Gasteiger charge is 2.33. The lowest BCUT2D eigenvalue weighted by molar-refractivity contribution is -0.126. The Morgan fingerprint density at radius 2 is 1.82 bits per heavy atom. The summed E-state index contributed by atoms with van der Waals surface area (Å²) in [6, 6.07) is 3.31. The second kappa shape index (κ2) is 12.2. The van der Waals surface area contributed by atoms with E-state index in [4.69, 9.17) is 23.2 Å². The Kier molecular flexibility index (Phi) is 8.70. The highest BCUT2D eigenvalue weighted by Crippen LogP contribution is 2.43. The molecule has 2 aliphatic heterocycles. The summed E-state index contributed by atoms with van der Waals surface area (Å²) in [5.41, 5.74) is -0.957. The van der Waals surface area contributed by atoms with E-state index in [1.807, 2.05) is 26.8 Å². The lowest BCUT2D eigenvalue weighted by Crippen LogP contribution is -2.49. The van der Waals surface area contributed by atoms with Crippen LogP contribution < -0.4 is 10.5 Å². The van der Waals surface area contributed by atoms with Crippen molar-refractivity contribution in [2.45, 2.75) is 27.2 Å². The highest BCUT2D eigenvalue weighted by molar-refractivity contribution is 6.34. The summed E-state index contributed by atoms with van der Waals surface area (Å²) in [5, 5.41) is 19.1. The molecule has 2 aromatic heterocycles. The van der Waals surface area contributed by atoms with Gasteiger partial charge in [-0.1, -0.05) is 43.6 Å². The van der Waals surface area contributed by atoms with Crippen LogP contribution in [0.15, 0.2) is 34.1 Å². The molecule has 0 radical (unpaired) electrons. The van der Waals surface area contributed by atoms with Gasteiger partial charge in [0.05, 0.1) is 33.4 Å². The molecule has 5 rings (SSSR count). The average Bonchev–Trinajstić information content (AvgIpc) is 3.02. The molecular formula is C31H27Cl2F3N6O3. The van der Waals surface area contributed by atoms with Crippen LogP contribution in [0.1, 0.15) is 32.8 Å². The molecule has 3 aromatic rings. The van der Waals surface area contributed by atoms with E-state index in [1.165, 1.54) is 16.7 Å². The first-order valence-corrected chi connectivity index (χ1v) is 14.7. The third-order valence-electron chi connectivity index (χ3n) is 7.93. The van der Waals surface area contributed by atoms with E-state index in [-0.39, 0.29) is 65.3 Å². The van der Waals surface area contributed by atoms with Gasteiger partial charge in [0, 0.05) is 38.1 Å². The van der Waals surface area contributed by atoms with E-state index >= 15 is 8.78 Å². The zero-order valence-electron chi connectivity index (χ0n) is 24.5. The van der Waals surface area contributed by atoms with Gasteiger partial charge in [0.25, 0.3) is 5.56 Å². The molecule has 14 heteroatoms. The standard InChI is InChI=1S/C31H27Cl2F3N6O3/c1-5-19(43)40-8-10-41(11-9-40)28-16-12-18(32)26(20-22(34)24(36)21(33)29(44)23(20)35)39-30(16)42(31(45)17(28)13-37)27-15(4)6-7-38-25(27)14(2)3/h5,12,14,44H,1,6-11H2,2-4H3. The summed E-state index contributed by atoms with van der Waals surface area (Å²) in [6.45, 7) is 10.5. The monoisotopic (exact) mass is 658 g/mol. The normalized spacial score (nSPS) is 15.5. The highest BCUT2D eigenvalue weighted by atomic mass is 35.5. The van der Waals surface area contributed by atoms with Gasteiger partial charge in [-0.15, -0.1) is 0 Å². The van der Waals surface area contributed by atoms with Crippen LogP contribution in [0.2, 0.25) is 10.0 Å². The summed E-state index contributed by atoms with van der Waals surface area (Å²) in [4.78, 5) is 38.9.